The van der Waals surface area contributed by atoms with Crippen LogP contribution in [0.1, 0.15) is 6.92 Å². The number of aliphatic hydroxyl groups is 1. The number of nitrogens with zero attached hydrogens (tertiary/aromatic N) is 1. The number of hydrogen-bond acceptors (Lipinski definition) is 5. The molecule has 0 aliphatic carbocycles. The lowest BCUT2D eigenvalue weighted by Gasteiger charge is -2.28. The summed E-state index contributed by atoms with van der Waals surface area (Å²) in [6, 6.07) is 0.254. The Labute approximate surface area is 98.6 Å². The van der Waals surface area contributed by atoms with Gasteiger partial charge in [0.25, 0.3) is 0 Å². The third kappa shape index (κ3) is 5.77. The van der Waals surface area contributed by atoms with Crippen molar-refractivity contribution in [3.8, 4) is 0 Å². The van der Waals surface area contributed by atoms with Gasteiger partial charge < -0.3 is 21.1 Å². The third-order valence-electron chi connectivity index (χ3n) is 3.00. The summed E-state index contributed by atoms with van der Waals surface area (Å²) in [5.41, 5.74) is 0. The minimum atomic E-state index is 0.238. The summed E-state index contributed by atoms with van der Waals surface area (Å²) in [6.07, 6.45) is 0. The Bertz CT molecular complexity index is 156. The van der Waals surface area contributed by atoms with Gasteiger partial charge in [0.15, 0.2) is 0 Å². The van der Waals surface area contributed by atoms with Crippen LogP contribution >= 0.6 is 0 Å². The molecule has 0 aromatic rings. The molecule has 5 nitrogen and oxygen atoms in total. The fraction of sp³-hybridized carbons (Fsp3) is 1.00. The van der Waals surface area contributed by atoms with E-state index in [9.17, 15) is 5.11 Å². The van der Waals surface area contributed by atoms with Gasteiger partial charge in [-0.05, 0) is 6.92 Å². The van der Waals surface area contributed by atoms with E-state index in [1.165, 1.54) is 0 Å². The van der Waals surface area contributed by atoms with Gasteiger partial charge in [-0.1, -0.05) is 0 Å². The number of nitrogens with one attached hydrogen (secondary N) is 3. The second-order valence-electron chi connectivity index (χ2n) is 4.32. The molecule has 1 aliphatic rings. The number of aliphatic hydroxyl groups excluding tert-OH is 1. The third-order valence-corrected chi connectivity index (χ3v) is 3.00. The van der Waals surface area contributed by atoms with Crippen molar-refractivity contribution in [3.05, 3.63) is 0 Å². The Kier molecular flexibility index (Phi) is 7.71. The first kappa shape index (κ1) is 13.9. The Morgan fingerprint density at radius 2 is 1.38 bits per heavy atom. The van der Waals surface area contributed by atoms with E-state index in [0.717, 1.165) is 52.4 Å². The fourth-order valence-corrected chi connectivity index (χ4v) is 1.84. The second kappa shape index (κ2) is 8.90. The predicted octanol–water partition coefficient (Wildman–Crippen LogP) is -1.55. The van der Waals surface area contributed by atoms with Crippen molar-refractivity contribution in [3.63, 3.8) is 0 Å². The van der Waals surface area contributed by atoms with Crippen LogP contribution in [0.3, 0.4) is 0 Å². The molecule has 0 bridgehead atoms. The Balaban J connectivity index is 2.30. The smallest absolute Gasteiger partial charge is 0.0584 e. The van der Waals surface area contributed by atoms with Gasteiger partial charge in [0.2, 0.25) is 0 Å². The molecule has 0 aromatic carbocycles. The summed E-state index contributed by atoms with van der Waals surface area (Å²) in [4.78, 5) is 2.33. The van der Waals surface area contributed by atoms with Crippen LogP contribution in [0.2, 0.25) is 0 Å². The maximum absolute atomic E-state index is 9.18. The van der Waals surface area contributed by atoms with E-state index in [0.29, 0.717) is 0 Å². The molecule has 0 radical (unpaired) electrons. The molecule has 96 valence electrons. The highest BCUT2D eigenvalue weighted by Crippen LogP contribution is 1.96. The van der Waals surface area contributed by atoms with E-state index in [2.05, 4.69) is 27.8 Å². The first-order chi connectivity index (χ1) is 7.84. The molecule has 1 fully saturated rings. The van der Waals surface area contributed by atoms with Crippen molar-refractivity contribution in [1.82, 2.24) is 20.9 Å². The molecule has 1 saturated heterocycles. The highest BCUT2D eigenvalue weighted by molar-refractivity contribution is 4.69. The number of rotatable bonds is 2. The van der Waals surface area contributed by atoms with E-state index >= 15 is 0 Å². The number of hydrogen-bond donors (Lipinski definition) is 4. The summed E-state index contributed by atoms with van der Waals surface area (Å²) in [5, 5.41) is 19.4. The normalized spacial score (nSPS) is 24.4. The zero-order valence-electron chi connectivity index (χ0n) is 10.3. The molecule has 0 saturated carbocycles. The molecule has 4 N–H and O–H groups in total. The topological polar surface area (TPSA) is 59.6 Å². The molecule has 16 heavy (non-hydrogen) atoms. The maximum Gasteiger partial charge on any atom is 0.0584 e. The lowest BCUT2D eigenvalue weighted by atomic mass is 10.3. The van der Waals surface area contributed by atoms with Gasteiger partial charge in [-0.25, -0.2) is 0 Å². The molecular weight excluding hydrogens is 204 g/mol. The molecule has 5 heteroatoms. The zero-order valence-corrected chi connectivity index (χ0v) is 10.3. The van der Waals surface area contributed by atoms with E-state index in [1.807, 2.05) is 0 Å². The van der Waals surface area contributed by atoms with Crippen molar-refractivity contribution >= 4 is 0 Å². The van der Waals surface area contributed by atoms with Gasteiger partial charge in [0.1, 0.15) is 0 Å². The van der Waals surface area contributed by atoms with Crippen molar-refractivity contribution in [1.29, 1.82) is 0 Å². The summed E-state index contributed by atoms with van der Waals surface area (Å²) in [7, 11) is 0. The van der Waals surface area contributed by atoms with Crippen LogP contribution < -0.4 is 16.0 Å². The summed E-state index contributed by atoms with van der Waals surface area (Å²) in [5.74, 6) is 0. The first-order valence-electron chi connectivity index (χ1n) is 6.31. The van der Waals surface area contributed by atoms with E-state index in [1.54, 1.807) is 0 Å². The molecule has 1 unspecified atom stereocenters. The Hall–Kier alpha value is -0.200. The van der Waals surface area contributed by atoms with Gasteiger partial charge in [-0.15, -0.1) is 0 Å². The van der Waals surface area contributed by atoms with Gasteiger partial charge >= 0.3 is 0 Å². The van der Waals surface area contributed by atoms with Crippen molar-refractivity contribution in [2.45, 2.75) is 13.0 Å². The summed E-state index contributed by atoms with van der Waals surface area (Å²) in [6.45, 7) is 10.4. The van der Waals surface area contributed by atoms with Gasteiger partial charge in [-0.2, -0.15) is 0 Å². The average molecular weight is 230 g/mol. The van der Waals surface area contributed by atoms with Crippen LogP contribution in [-0.2, 0) is 0 Å². The van der Waals surface area contributed by atoms with Crippen LogP contribution in [0.25, 0.3) is 0 Å². The second-order valence-corrected chi connectivity index (χ2v) is 4.32. The Morgan fingerprint density at radius 1 is 0.938 bits per heavy atom. The van der Waals surface area contributed by atoms with Gasteiger partial charge in [0, 0.05) is 58.4 Å². The molecule has 1 atom stereocenters. The van der Waals surface area contributed by atoms with Crippen LogP contribution in [0, 0.1) is 0 Å². The van der Waals surface area contributed by atoms with E-state index < -0.39 is 0 Å². The summed E-state index contributed by atoms with van der Waals surface area (Å²) < 4.78 is 0. The minimum absolute atomic E-state index is 0.238. The highest BCUT2D eigenvalue weighted by atomic mass is 16.3. The molecule has 0 amide bonds. The lowest BCUT2D eigenvalue weighted by Crippen LogP contribution is -2.45. The quantitative estimate of drug-likeness (QED) is 0.463. The summed E-state index contributed by atoms with van der Waals surface area (Å²) >= 11 is 0. The molecule has 1 heterocycles. The van der Waals surface area contributed by atoms with Crippen molar-refractivity contribution in [2.24, 2.45) is 0 Å². The van der Waals surface area contributed by atoms with Crippen LogP contribution in [0.4, 0.5) is 0 Å². The largest absolute Gasteiger partial charge is 0.395 e. The van der Waals surface area contributed by atoms with E-state index in [-0.39, 0.29) is 12.6 Å². The molecule has 0 spiro atoms. The SMILES string of the molecule is CC(CO)N1CCNCCNCCNCC1. The van der Waals surface area contributed by atoms with Crippen molar-refractivity contribution in [2.75, 3.05) is 59.0 Å². The zero-order chi connectivity index (χ0) is 11.6. The maximum atomic E-state index is 9.18. The fourth-order valence-electron chi connectivity index (χ4n) is 1.84. The monoisotopic (exact) mass is 230 g/mol. The van der Waals surface area contributed by atoms with Gasteiger partial charge in [-0.3, -0.25) is 4.90 Å². The van der Waals surface area contributed by atoms with Gasteiger partial charge in [0.05, 0.1) is 6.61 Å². The molecule has 1 rings (SSSR count). The molecular formula is C11H26N4O. The van der Waals surface area contributed by atoms with Crippen molar-refractivity contribution < 1.29 is 5.11 Å². The lowest BCUT2D eigenvalue weighted by molar-refractivity contribution is 0.135. The highest BCUT2D eigenvalue weighted by Gasteiger charge is 2.11. The van der Waals surface area contributed by atoms with E-state index in [4.69, 9.17) is 0 Å². The molecule has 1 aliphatic heterocycles. The standard InChI is InChI=1S/C11H26N4O/c1-11(10-16)15-8-6-13-4-2-12-3-5-14-7-9-15/h11-14,16H,2-10H2,1H3. The Morgan fingerprint density at radius 3 is 1.81 bits per heavy atom. The van der Waals surface area contributed by atoms with Crippen LogP contribution in [0.5, 0.6) is 0 Å². The molecule has 0 aromatic heterocycles. The average Bonchev–Trinajstić information content (AvgIpc) is 2.29. The van der Waals surface area contributed by atoms with Crippen LogP contribution in [0.15, 0.2) is 0 Å². The predicted molar refractivity (Wildman–Crippen MR) is 66.7 cm³/mol. The first-order valence-corrected chi connectivity index (χ1v) is 6.31. The minimum Gasteiger partial charge on any atom is -0.395 e. The van der Waals surface area contributed by atoms with Crippen LogP contribution in [-0.4, -0.2) is 75.0 Å².